The molecule has 0 N–H and O–H groups in total. The minimum atomic E-state index is -0.137. The molecule has 0 radical (unpaired) electrons. The predicted octanol–water partition coefficient (Wildman–Crippen LogP) is 1.81. The van der Waals surface area contributed by atoms with E-state index in [1.807, 2.05) is 24.3 Å². The standard InChI is InChI=1S/C11H12O3/c1-8(12)6-9-7-13-10-4-2-3-5-11(10)14-9/h2-5,9H,6-7H2,1H3. The van der Waals surface area contributed by atoms with Crippen LogP contribution in [0, 0.1) is 0 Å². The van der Waals surface area contributed by atoms with Gasteiger partial charge in [-0.1, -0.05) is 12.1 Å². The van der Waals surface area contributed by atoms with Crippen molar-refractivity contribution in [1.29, 1.82) is 0 Å². The number of ketones is 1. The van der Waals surface area contributed by atoms with Crippen LogP contribution in [0.1, 0.15) is 13.3 Å². The smallest absolute Gasteiger partial charge is 0.161 e. The lowest BCUT2D eigenvalue weighted by Gasteiger charge is -2.25. The summed E-state index contributed by atoms with van der Waals surface area (Å²) < 4.78 is 11.1. The SMILES string of the molecule is CC(=O)CC1COc2ccccc2O1. The third kappa shape index (κ3) is 1.87. The summed E-state index contributed by atoms with van der Waals surface area (Å²) in [6.07, 6.45) is 0.274. The van der Waals surface area contributed by atoms with Gasteiger partial charge in [0.2, 0.25) is 0 Å². The summed E-state index contributed by atoms with van der Waals surface area (Å²) in [5.74, 6) is 1.61. The molecule has 0 saturated heterocycles. The maximum absolute atomic E-state index is 10.9. The Kier molecular flexibility index (Phi) is 2.39. The minimum absolute atomic E-state index is 0.123. The average molecular weight is 192 g/mol. The first kappa shape index (κ1) is 9.06. The molecule has 74 valence electrons. The van der Waals surface area contributed by atoms with Gasteiger partial charge in [-0.2, -0.15) is 0 Å². The highest BCUT2D eigenvalue weighted by Gasteiger charge is 2.21. The highest BCUT2D eigenvalue weighted by molar-refractivity contribution is 5.76. The van der Waals surface area contributed by atoms with Gasteiger partial charge in [-0.25, -0.2) is 0 Å². The van der Waals surface area contributed by atoms with Crippen molar-refractivity contribution in [3.05, 3.63) is 24.3 Å². The van der Waals surface area contributed by atoms with Crippen molar-refractivity contribution in [1.82, 2.24) is 0 Å². The molecule has 1 heterocycles. The first-order valence-corrected chi connectivity index (χ1v) is 4.63. The Morgan fingerprint density at radius 1 is 1.43 bits per heavy atom. The Balaban J connectivity index is 2.09. The fraction of sp³-hybridized carbons (Fsp3) is 0.364. The number of rotatable bonds is 2. The molecule has 1 aliphatic heterocycles. The number of para-hydroxylation sites is 2. The zero-order chi connectivity index (χ0) is 9.97. The van der Waals surface area contributed by atoms with Crippen molar-refractivity contribution < 1.29 is 14.3 Å². The molecule has 0 bridgehead atoms. The molecule has 0 aliphatic carbocycles. The summed E-state index contributed by atoms with van der Waals surface area (Å²) in [6, 6.07) is 7.49. The molecule has 3 heteroatoms. The van der Waals surface area contributed by atoms with Gasteiger partial charge in [0.25, 0.3) is 0 Å². The Hall–Kier alpha value is -1.51. The van der Waals surface area contributed by atoms with E-state index in [1.165, 1.54) is 0 Å². The lowest BCUT2D eigenvalue weighted by Crippen LogP contribution is -2.30. The van der Waals surface area contributed by atoms with E-state index in [0.29, 0.717) is 13.0 Å². The molecular weight excluding hydrogens is 180 g/mol. The minimum Gasteiger partial charge on any atom is -0.486 e. The number of benzene rings is 1. The third-order valence-electron chi connectivity index (χ3n) is 2.08. The highest BCUT2D eigenvalue weighted by Crippen LogP contribution is 2.31. The lowest BCUT2D eigenvalue weighted by atomic mass is 10.2. The van der Waals surface area contributed by atoms with Crippen LogP contribution in [0.5, 0.6) is 11.5 Å². The molecule has 0 spiro atoms. The summed E-state index contributed by atoms with van der Waals surface area (Å²) in [6.45, 7) is 2.01. The monoisotopic (exact) mass is 192 g/mol. The van der Waals surface area contributed by atoms with Gasteiger partial charge in [0.1, 0.15) is 18.5 Å². The van der Waals surface area contributed by atoms with Crippen molar-refractivity contribution in [2.45, 2.75) is 19.4 Å². The molecule has 14 heavy (non-hydrogen) atoms. The first-order chi connectivity index (χ1) is 6.75. The number of carbonyl (C=O) groups is 1. The Morgan fingerprint density at radius 2 is 2.14 bits per heavy atom. The first-order valence-electron chi connectivity index (χ1n) is 4.63. The van der Waals surface area contributed by atoms with Crippen molar-refractivity contribution in [2.75, 3.05) is 6.61 Å². The highest BCUT2D eigenvalue weighted by atomic mass is 16.6. The van der Waals surface area contributed by atoms with Crippen LogP contribution in [-0.2, 0) is 4.79 Å². The summed E-state index contributed by atoms with van der Waals surface area (Å²) >= 11 is 0. The largest absolute Gasteiger partial charge is 0.486 e. The second-order valence-electron chi connectivity index (χ2n) is 3.40. The van der Waals surface area contributed by atoms with E-state index in [1.54, 1.807) is 6.92 Å². The van der Waals surface area contributed by atoms with Crippen LogP contribution in [0.15, 0.2) is 24.3 Å². The van der Waals surface area contributed by atoms with Gasteiger partial charge in [0.15, 0.2) is 11.5 Å². The molecule has 0 fully saturated rings. The van der Waals surface area contributed by atoms with Gasteiger partial charge in [0.05, 0.1) is 0 Å². The van der Waals surface area contributed by atoms with E-state index in [9.17, 15) is 4.79 Å². The molecule has 2 rings (SSSR count). The molecular formula is C11H12O3. The molecule has 1 aliphatic rings. The van der Waals surface area contributed by atoms with E-state index in [0.717, 1.165) is 11.5 Å². The van der Waals surface area contributed by atoms with Gasteiger partial charge in [-0.3, -0.25) is 4.79 Å². The van der Waals surface area contributed by atoms with Crippen molar-refractivity contribution >= 4 is 5.78 Å². The van der Waals surface area contributed by atoms with Gasteiger partial charge in [-0.05, 0) is 19.1 Å². The predicted molar refractivity (Wildman–Crippen MR) is 51.7 cm³/mol. The zero-order valence-corrected chi connectivity index (χ0v) is 8.03. The number of ether oxygens (including phenoxy) is 2. The number of fused-ring (bicyclic) bond motifs is 1. The fourth-order valence-corrected chi connectivity index (χ4v) is 1.48. The average Bonchev–Trinajstić information content (AvgIpc) is 2.17. The maximum Gasteiger partial charge on any atom is 0.161 e. The van der Waals surface area contributed by atoms with Crippen LogP contribution in [0.25, 0.3) is 0 Å². The van der Waals surface area contributed by atoms with Crippen LogP contribution in [0.4, 0.5) is 0 Å². The molecule has 0 aromatic heterocycles. The number of hydrogen-bond donors (Lipinski definition) is 0. The van der Waals surface area contributed by atoms with E-state index in [4.69, 9.17) is 9.47 Å². The normalized spacial score (nSPS) is 19.1. The van der Waals surface area contributed by atoms with Crippen molar-refractivity contribution in [3.63, 3.8) is 0 Å². The van der Waals surface area contributed by atoms with Crippen LogP contribution in [0.3, 0.4) is 0 Å². The summed E-state index contributed by atoms with van der Waals surface area (Å²) in [5, 5.41) is 0. The molecule has 3 nitrogen and oxygen atoms in total. The van der Waals surface area contributed by atoms with E-state index in [-0.39, 0.29) is 11.9 Å². The Bertz CT molecular complexity index is 346. The summed E-state index contributed by atoms with van der Waals surface area (Å²) in [5.41, 5.74) is 0. The van der Waals surface area contributed by atoms with Crippen molar-refractivity contribution in [2.24, 2.45) is 0 Å². The Labute approximate surface area is 82.6 Å². The maximum atomic E-state index is 10.9. The Morgan fingerprint density at radius 3 is 2.86 bits per heavy atom. The molecule has 0 saturated carbocycles. The molecule has 1 aromatic rings. The van der Waals surface area contributed by atoms with E-state index >= 15 is 0 Å². The van der Waals surface area contributed by atoms with Gasteiger partial charge < -0.3 is 9.47 Å². The second-order valence-corrected chi connectivity index (χ2v) is 3.40. The number of Topliss-reactive ketones (excluding diaryl/α,β-unsaturated/α-hetero) is 1. The lowest BCUT2D eigenvalue weighted by molar-refractivity contribution is -0.119. The molecule has 0 amide bonds. The number of hydrogen-bond acceptors (Lipinski definition) is 3. The summed E-state index contributed by atoms with van der Waals surface area (Å²) in [4.78, 5) is 10.9. The quantitative estimate of drug-likeness (QED) is 0.716. The van der Waals surface area contributed by atoms with Gasteiger partial charge in [0, 0.05) is 6.42 Å². The summed E-state index contributed by atoms with van der Waals surface area (Å²) in [7, 11) is 0. The molecule has 1 atom stereocenters. The van der Waals surface area contributed by atoms with Crippen LogP contribution in [0.2, 0.25) is 0 Å². The van der Waals surface area contributed by atoms with E-state index < -0.39 is 0 Å². The van der Waals surface area contributed by atoms with Crippen LogP contribution >= 0.6 is 0 Å². The molecule has 1 aromatic carbocycles. The fourth-order valence-electron chi connectivity index (χ4n) is 1.48. The topological polar surface area (TPSA) is 35.5 Å². The van der Waals surface area contributed by atoms with Crippen molar-refractivity contribution in [3.8, 4) is 11.5 Å². The second kappa shape index (κ2) is 3.70. The van der Waals surface area contributed by atoms with E-state index in [2.05, 4.69) is 0 Å². The van der Waals surface area contributed by atoms with Gasteiger partial charge >= 0.3 is 0 Å². The molecule has 1 unspecified atom stereocenters. The van der Waals surface area contributed by atoms with Crippen LogP contribution in [-0.4, -0.2) is 18.5 Å². The third-order valence-corrected chi connectivity index (χ3v) is 2.08. The van der Waals surface area contributed by atoms with Crippen LogP contribution < -0.4 is 9.47 Å². The zero-order valence-electron chi connectivity index (χ0n) is 8.03. The van der Waals surface area contributed by atoms with Gasteiger partial charge in [-0.15, -0.1) is 0 Å². The number of carbonyl (C=O) groups excluding carboxylic acids is 1.